The van der Waals surface area contributed by atoms with Crippen LogP contribution in [0.25, 0.3) is 0 Å². The molecule has 0 radical (unpaired) electrons. The molecule has 1 N–H and O–H groups in total. The second-order valence-corrected chi connectivity index (χ2v) is 4.27. The maximum Gasteiger partial charge on any atom is 0.322 e. The van der Waals surface area contributed by atoms with Crippen LogP contribution in [-0.2, 0) is 27.4 Å². The highest BCUT2D eigenvalue weighted by Gasteiger charge is 2.16. The van der Waals surface area contributed by atoms with Gasteiger partial charge in [0.25, 0.3) is 0 Å². The minimum Gasteiger partial charge on any atom is -0.468 e. The van der Waals surface area contributed by atoms with Gasteiger partial charge < -0.3 is 14.8 Å². The van der Waals surface area contributed by atoms with Gasteiger partial charge in [0.2, 0.25) is 0 Å². The summed E-state index contributed by atoms with van der Waals surface area (Å²) in [5, 5.41) is 3.22. The molecule has 0 bridgehead atoms. The molecule has 0 saturated heterocycles. The van der Waals surface area contributed by atoms with Crippen molar-refractivity contribution in [3.8, 4) is 0 Å². The molecule has 0 fully saturated rings. The molecule has 1 atom stereocenters. The Hall–Kier alpha value is -1.39. The average Bonchev–Trinajstić information content (AvgIpc) is 2.46. The molecule has 0 saturated carbocycles. The first-order valence-electron chi connectivity index (χ1n) is 6.68. The Balaban J connectivity index is 2.63. The lowest BCUT2D eigenvalue weighted by Gasteiger charge is -2.16. The third-order valence-corrected chi connectivity index (χ3v) is 3.01. The number of carbonyl (C=O) groups excluding carboxylic acids is 1. The van der Waals surface area contributed by atoms with Crippen molar-refractivity contribution < 1.29 is 14.3 Å². The number of nitrogens with one attached hydrogen (secondary N) is 1. The zero-order chi connectivity index (χ0) is 14.1. The number of benzene rings is 1. The van der Waals surface area contributed by atoms with Crippen molar-refractivity contribution in [1.29, 1.82) is 0 Å². The molecule has 4 heteroatoms. The lowest BCUT2D eigenvalue weighted by atomic mass is 10.1. The molecule has 19 heavy (non-hydrogen) atoms. The first-order chi connectivity index (χ1) is 9.22. The van der Waals surface area contributed by atoms with Crippen LogP contribution in [0, 0.1) is 0 Å². The van der Waals surface area contributed by atoms with Gasteiger partial charge in [-0.15, -0.1) is 0 Å². The summed E-state index contributed by atoms with van der Waals surface area (Å²) >= 11 is 0. The molecule has 0 heterocycles. The highest BCUT2D eigenvalue weighted by molar-refractivity contribution is 5.75. The predicted molar refractivity (Wildman–Crippen MR) is 74.7 cm³/mol. The maximum atomic E-state index is 11.5. The number of hydrogen-bond acceptors (Lipinski definition) is 4. The normalized spacial score (nSPS) is 12.2. The number of methoxy groups -OCH3 is 1. The average molecular weight is 265 g/mol. The molecular formula is C15H23NO3. The number of esters is 1. The second kappa shape index (κ2) is 8.67. The van der Waals surface area contributed by atoms with Crippen molar-refractivity contribution in [1.82, 2.24) is 5.32 Å². The van der Waals surface area contributed by atoms with Gasteiger partial charge in [-0.05, 0) is 24.5 Å². The minimum absolute atomic E-state index is 0.218. The summed E-state index contributed by atoms with van der Waals surface area (Å²) < 4.78 is 10.2. The Kier molecular flexibility index (Phi) is 7.15. The quantitative estimate of drug-likeness (QED) is 0.732. The summed E-state index contributed by atoms with van der Waals surface area (Å²) in [6.07, 6.45) is 0.709. The zero-order valence-electron chi connectivity index (χ0n) is 11.9. The van der Waals surface area contributed by atoms with Gasteiger partial charge in [-0.25, -0.2) is 0 Å². The highest BCUT2D eigenvalue weighted by atomic mass is 16.5. The summed E-state index contributed by atoms with van der Waals surface area (Å²) in [5.74, 6) is -0.218. The van der Waals surface area contributed by atoms with Gasteiger partial charge in [-0.3, -0.25) is 4.79 Å². The summed E-state index contributed by atoms with van der Waals surface area (Å²) in [6, 6.07) is 7.82. The lowest BCUT2D eigenvalue weighted by Crippen LogP contribution is -2.36. The van der Waals surface area contributed by atoms with Crippen molar-refractivity contribution in [2.24, 2.45) is 0 Å². The Morgan fingerprint density at radius 2 is 1.95 bits per heavy atom. The molecule has 0 aliphatic rings. The Morgan fingerprint density at radius 1 is 1.26 bits per heavy atom. The Bertz CT molecular complexity index is 393. The standard InChI is InChI=1S/C15H23NO3/c1-4-14(15(17)18-3)16-10-12-8-6-7-9-13(12)11-19-5-2/h6-9,14,16H,4-5,10-11H2,1-3H3. The van der Waals surface area contributed by atoms with Crippen molar-refractivity contribution in [3.05, 3.63) is 35.4 Å². The van der Waals surface area contributed by atoms with E-state index >= 15 is 0 Å². The molecule has 106 valence electrons. The van der Waals surface area contributed by atoms with E-state index in [-0.39, 0.29) is 12.0 Å². The number of hydrogen-bond donors (Lipinski definition) is 1. The van der Waals surface area contributed by atoms with Crippen LogP contribution >= 0.6 is 0 Å². The molecular weight excluding hydrogens is 242 g/mol. The van der Waals surface area contributed by atoms with E-state index < -0.39 is 0 Å². The van der Waals surface area contributed by atoms with Crippen LogP contribution in [0.3, 0.4) is 0 Å². The van der Waals surface area contributed by atoms with Crippen molar-refractivity contribution in [2.45, 2.75) is 39.5 Å². The smallest absolute Gasteiger partial charge is 0.322 e. The van der Waals surface area contributed by atoms with E-state index in [2.05, 4.69) is 5.32 Å². The van der Waals surface area contributed by atoms with Gasteiger partial charge in [-0.2, -0.15) is 0 Å². The van der Waals surface area contributed by atoms with E-state index in [1.165, 1.54) is 7.11 Å². The van der Waals surface area contributed by atoms with E-state index in [0.29, 0.717) is 26.2 Å². The SMILES string of the molecule is CCOCc1ccccc1CNC(CC)C(=O)OC. The lowest BCUT2D eigenvalue weighted by molar-refractivity contribution is -0.143. The van der Waals surface area contributed by atoms with Crippen LogP contribution in [0.4, 0.5) is 0 Å². The van der Waals surface area contributed by atoms with Crippen LogP contribution in [0.2, 0.25) is 0 Å². The van der Waals surface area contributed by atoms with Gasteiger partial charge in [0.1, 0.15) is 6.04 Å². The number of ether oxygens (including phenoxy) is 2. The summed E-state index contributed by atoms with van der Waals surface area (Å²) in [7, 11) is 1.41. The van der Waals surface area contributed by atoms with E-state index in [1.54, 1.807) is 0 Å². The Morgan fingerprint density at radius 3 is 2.53 bits per heavy atom. The Labute approximate surface area is 115 Å². The molecule has 0 spiro atoms. The molecule has 1 unspecified atom stereocenters. The van der Waals surface area contributed by atoms with Gasteiger partial charge in [0.05, 0.1) is 13.7 Å². The predicted octanol–water partition coefficient (Wildman–Crippen LogP) is 2.26. The van der Waals surface area contributed by atoms with Crippen molar-refractivity contribution in [3.63, 3.8) is 0 Å². The topological polar surface area (TPSA) is 47.6 Å². The van der Waals surface area contributed by atoms with Crippen LogP contribution in [0.15, 0.2) is 24.3 Å². The molecule has 4 nitrogen and oxygen atoms in total. The van der Waals surface area contributed by atoms with Gasteiger partial charge in [0, 0.05) is 13.2 Å². The van der Waals surface area contributed by atoms with Gasteiger partial charge >= 0.3 is 5.97 Å². The largest absolute Gasteiger partial charge is 0.468 e. The van der Waals surface area contributed by atoms with E-state index in [0.717, 1.165) is 11.1 Å². The molecule has 0 aliphatic carbocycles. The third-order valence-electron chi connectivity index (χ3n) is 3.01. The third kappa shape index (κ3) is 5.01. The minimum atomic E-state index is -0.259. The van der Waals surface area contributed by atoms with E-state index in [9.17, 15) is 4.79 Å². The number of rotatable bonds is 8. The zero-order valence-corrected chi connectivity index (χ0v) is 11.9. The van der Waals surface area contributed by atoms with E-state index in [4.69, 9.17) is 9.47 Å². The van der Waals surface area contributed by atoms with Crippen LogP contribution in [-0.4, -0.2) is 25.7 Å². The molecule has 1 aromatic rings. The van der Waals surface area contributed by atoms with Crippen LogP contribution < -0.4 is 5.32 Å². The fourth-order valence-corrected chi connectivity index (χ4v) is 1.85. The summed E-state index contributed by atoms with van der Waals surface area (Å²) in [4.78, 5) is 11.5. The van der Waals surface area contributed by atoms with Gasteiger partial charge in [0.15, 0.2) is 0 Å². The van der Waals surface area contributed by atoms with Gasteiger partial charge in [-0.1, -0.05) is 31.2 Å². The number of carbonyl (C=O) groups is 1. The molecule has 1 rings (SSSR count). The first kappa shape index (κ1) is 15.7. The molecule has 0 aliphatic heterocycles. The molecule has 1 aromatic carbocycles. The summed E-state index contributed by atoms with van der Waals surface area (Å²) in [5.41, 5.74) is 2.30. The fraction of sp³-hybridized carbons (Fsp3) is 0.533. The maximum absolute atomic E-state index is 11.5. The van der Waals surface area contributed by atoms with Crippen molar-refractivity contribution in [2.75, 3.05) is 13.7 Å². The van der Waals surface area contributed by atoms with Crippen LogP contribution in [0.5, 0.6) is 0 Å². The monoisotopic (exact) mass is 265 g/mol. The summed E-state index contributed by atoms with van der Waals surface area (Å²) in [6.45, 7) is 5.87. The van der Waals surface area contributed by atoms with Crippen LogP contribution in [0.1, 0.15) is 31.4 Å². The fourth-order valence-electron chi connectivity index (χ4n) is 1.85. The molecule has 0 amide bonds. The highest BCUT2D eigenvalue weighted by Crippen LogP contribution is 2.10. The second-order valence-electron chi connectivity index (χ2n) is 4.27. The van der Waals surface area contributed by atoms with E-state index in [1.807, 2.05) is 38.1 Å². The first-order valence-corrected chi connectivity index (χ1v) is 6.68. The van der Waals surface area contributed by atoms with Crippen molar-refractivity contribution >= 4 is 5.97 Å². The molecule has 0 aromatic heterocycles.